The number of rotatable bonds is 2. The fourth-order valence-corrected chi connectivity index (χ4v) is 2.27. The molecule has 1 aliphatic rings. The summed E-state index contributed by atoms with van der Waals surface area (Å²) in [5.74, 6) is -0.0181. The van der Waals surface area contributed by atoms with Crippen LogP contribution in [0.1, 0.15) is 30.7 Å². The minimum absolute atomic E-state index is 0.357. The average Bonchev–Trinajstić information content (AvgIpc) is 2.68. The fraction of sp³-hybridized carbons (Fsp3) is 0.500. The van der Waals surface area contributed by atoms with Gasteiger partial charge in [0.25, 0.3) is 0 Å². The minimum atomic E-state index is -2.14. The SMILES string of the molecule is FC(F)C1CCC(c2ccccc2)C1. The number of halogens is 2. The predicted molar refractivity (Wildman–Crippen MR) is 52.5 cm³/mol. The summed E-state index contributed by atoms with van der Waals surface area (Å²) in [5.41, 5.74) is 1.22. The van der Waals surface area contributed by atoms with E-state index in [0.717, 1.165) is 6.42 Å². The average molecular weight is 196 g/mol. The maximum atomic E-state index is 12.4. The second-order valence-electron chi connectivity index (χ2n) is 4.02. The van der Waals surface area contributed by atoms with Crippen molar-refractivity contribution in [3.8, 4) is 0 Å². The first kappa shape index (κ1) is 9.63. The van der Waals surface area contributed by atoms with Crippen molar-refractivity contribution in [3.63, 3.8) is 0 Å². The molecule has 0 spiro atoms. The highest BCUT2D eigenvalue weighted by molar-refractivity contribution is 5.20. The Bertz CT molecular complexity index is 282. The number of hydrogen-bond donors (Lipinski definition) is 0. The van der Waals surface area contributed by atoms with E-state index < -0.39 is 6.43 Å². The van der Waals surface area contributed by atoms with Crippen LogP contribution in [0.25, 0.3) is 0 Å². The molecular weight excluding hydrogens is 182 g/mol. The summed E-state index contributed by atoms with van der Waals surface area (Å²) in [6, 6.07) is 10.00. The highest BCUT2D eigenvalue weighted by atomic mass is 19.3. The molecule has 0 bridgehead atoms. The molecule has 0 nitrogen and oxygen atoms in total. The Morgan fingerprint density at radius 3 is 2.36 bits per heavy atom. The van der Waals surface area contributed by atoms with Crippen LogP contribution in [-0.2, 0) is 0 Å². The van der Waals surface area contributed by atoms with Crippen molar-refractivity contribution >= 4 is 0 Å². The molecule has 1 saturated carbocycles. The third-order valence-corrected chi connectivity index (χ3v) is 3.10. The fourth-order valence-electron chi connectivity index (χ4n) is 2.27. The summed E-state index contributed by atoms with van der Waals surface area (Å²) in [5, 5.41) is 0. The molecule has 0 amide bonds. The molecule has 0 heterocycles. The third kappa shape index (κ3) is 1.94. The molecule has 1 aliphatic carbocycles. The van der Waals surface area contributed by atoms with E-state index in [-0.39, 0.29) is 5.92 Å². The van der Waals surface area contributed by atoms with Gasteiger partial charge in [-0.25, -0.2) is 8.78 Å². The van der Waals surface area contributed by atoms with E-state index >= 15 is 0 Å². The number of hydrogen-bond acceptors (Lipinski definition) is 0. The molecule has 2 rings (SSSR count). The first-order chi connectivity index (χ1) is 6.77. The lowest BCUT2D eigenvalue weighted by Crippen LogP contribution is -2.06. The maximum Gasteiger partial charge on any atom is 0.241 e. The standard InChI is InChI=1S/C12H14F2/c13-12(14)11-7-6-10(8-11)9-4-2-1-3-5-9/h1-5,10-12H,6-8H2. The van der Waals surface area contributed by atoms with Crippen molar-refractivity contribution in [1.82, 2.24) is 0 Å². The normalized spacial score (nSPS) is 27.1. The van der Waals surface area contributed by atoms with E-state index in [4.69, 9.17) is 0 Å². The zero-order chi connectivity index (χ0) is 9.97. The molecular formula is C12H14F2. The molecule has 1 fully saturated rings. The van der Waals surface area contributed by atoms with Gasteiger partial charge in [-0.05, 0) is 30.7 Å². The van der Waals surface area contributed by atoms with Crippen LogP contribution in [0.4, 0.5) is 8.78 Å². The molecule has 0 radical (unpaired) electrons. The molecule has 0 saturated heterocycles. The second kappa shape index (κ2) is 4.07. The highest BCUT2D eigenvalue weighted by Crippen LogP contribution is 2.40. The molecule has 1 aromatic rings. The van der Waals surface area contributed by atoms with Crippen LogP contribution in [0.2, 0.25) is 0 Å². The van der Waals surface area contributed by atoms with Crippen LogP contribution in [0.5, 0.6) is 0 Å². The molecule has 1 aromatic carbocycles. The summed E-state index contributed by atoms with van der Waals surface area (Å²) < 4.78 is 24.9. The van der Waals surface area contributed by atoms with Crippen molar-refractivity contribution < 1.29 is 8.78 Å². The van der Waals surface area contributed by atoms with Crippen molar-refractivity contribution in [2.24, 2.45) is 5.92 Å². The molecule has 76 valence electrons. The van der Waals surface area contributed by atoms with Crippen LogP contribution in [0, 0.1) is 5.92 Å². The predicted octanol–water partition coefficient (Wildman–Crippen LogP) is 3.84. The zero-order valence-corrected chi connectivity index (χ0v) is 8.00. The lowest BCUT2D eigenvalue weighted by Gasteiger charge is -2.10. The lowest BCUT2D eigenvalue weighted by molar-refractivity contribution is 0.0799. The van der Waals surface area contributed by atoms with Crippen LogP contribution in [-0.4, -0.2) is 6.43 Å². The molecule has 0 N–H and O–H groups in total. The largest absolute Gasteiger partial charge is 0.241 e. The van der Waals surface area contributed by atoms with Crippen molar-refractivity contribution in [3.05, 3.63) is 35.9 Å². The Kier molecular flexibility index (Phi) is 2.80. The zero-order valence-electron chi connectivity index (χ0n) is 8.00. The van der Waals surface area contributed by atoms with Gasteiger partial charge in [0.05, 0.1) is 0 Å². The molecule has 2 heteroatoms. The smallest absolute Gasteiger partial charge is 0.210 e. The van der Waals surface area contributed by atoms with E-state index in [1.165, 1.54) is 5.56 Å². The molecule has 0 aromatic heterocycles. The summed E-state index contributed by atoms with van der Waals surface area (Å²) in [4.78, 5) is 0. The van der Waals surface area contributed by atoms with Gasteiger partial charge in [-0.2, -0.15) is 0 Å². The quantitative estimate of drug-likeness (QED) is 0.674. The lowest BCUT2D eigenvalue weighted by atomic mass is 9.96. The van der Waals surface area contributed by atoms with E-state index in [1.54, 1.807) is 0 Å². The van der Waals surface area contributed by atoms with E-state index in [1.807, 2.05) is 30.3 Å². The van der Waals surface area contributed by atoms with Gasteiger partial charge >= 0.3 is 0 Å². The molecule has 2 unspecified atom stereocenters. The summed E-state index contributed by atoms with van der Waals surface area (Å²) in [7, 11) is 0. The molecule has 14 heavy (non-hydrogen) atoms. The first-order valence-electron chi connectivity index (χ1n) is 5.10. The van der Waals surface area contributed by atoms with E-state index in [0.29, 0.717) is 18.8 Å². The van der Waals surface area contributed by atoms with Gasteiger partial charge < -0.3 is 0 Å². The topological polar surface area (TPSA) is 0 Å². The van der Waals surface area contributed by atoms with Gasteiger partial charge in [-0.15, -0.1) is 0 Å². The summed E-state index contributed by atoms with van der Waals surface area (Å²) >= 11 is 0. The number of alkyl halides is 2. The van der Waals surface area contributed by atoms with Gasteiger partial charge in [-0.1, -0.05) is 30.3 Å². The Labute approximate surface area is 82.9 Å². The molecule has 0 aliphatic heterocycles. The molecule has 2 atom stereocenters. The number of benzene rings is 1. The van der Waals surface area contributed by atoms with Gasteiger partial charge in [0.1, 0.15) is 0 Å². The van der Waals surface area contributed by atoms with E-state index in [2.05, 4.69) is 0 Å². The maximum absolute atomic E-state index is 12.4. The highest BCUT2D eigenvalue weighted by Gasteiger charge is 2.31. The Hall–Kier alpha value is -0.920. The second-order valence-corrected chi connectivity index (χ2v) is 4.02. The Morgan fingerprint density at radius 1 is 1.07 bits per heavy atom. The van der Waals surface area contributed by atoms with Crippen molar-refractivity contribution in [1.29, 1.82) is 0 Å². The Balaban J connectivity index is 2.03. The van der Waals surface area contributed by atoms with Gasteiger partial charge in [0.15, 0.2) is 0 Å². The van der Waals surface area contributed by atoms with Crippen LogP contribution >= 0.6 is 0 Å². The summed E-state index contributed by atoms with van der Waals surface area (Å²) in [6.45, 7) is 0. The van der Waals surface area contributed by atoms with Crippen LogP contribution in [0.3, 0.4) is 0 Å². The minimum Gasteiger partial charge on any atom is -0.210 e. The van der Waals surface area contributed by atoms with Crippen LogP contribution in [0.15, 0.2) is 30.3 Å². The van der Waals surface area contributed by atoms with E-state index in [9.17, 15) is 8.78 Å². The monoisotopic (exact) mass is 196 g/mol. The van der Waals surface area contributed by atoms with Crippen molar-refractivity contribution in [2.45, 2.75) is 31.6 Å². The van der Waals surface area contributed by atoms with Gasteiger partial charge in [0.2, 0.25) is 6.43 Å². The van der Waals surface area contributed by atoms with Gasteiger partial charge in [0, 0.05) is 5.92 Å². The Morgan fingerprint density at radius 2 is 1.79 bits per heavy atom. The summed E-state index contributed by atoms with van der Waals surface area (Å²) in [6.07, 6.45) is 0.112. The first-order valence-corrected chi connectivity index (χ1v) is 5.10. The van der Waals surface area contributed by atoms with Crippen molar-refractivity contribution in [2.75, 3.05) is 0 Å². The van der Waals surface area contributed by atoms with Gasteiger partial charge in [-0.3, -0.25) is 0 Å². The third-order valence-electron chi connectivity index (χ3n) is 3.10. The van der Waals surface area contributed by atoms with Crippen LogP contribution < -0.4 is 0 Å².